The number of nitrogens with zero attached hydrogens (tertiary/aromatic N) is 5. The standard InChI is InChI=1S/C22H21FN6/c1-12-10-29-11-15(8-18(23)22(29)24-12)21-26-19-5-2-13(9-20(19)27-28-21)14-6-16-3-4-17(7-14)25-16/h2,5,8-11,14,16-17,25H,3-4,6-7H2,1H3. The first-order valence-corrected chi connectivity index (χ1v) is 10.2. The van der Waals surface area contributed by atoms with Crippen LogP contribution in [-0.2, 0) is 0 Å². The third-order valence-electron chi connectivity index (χ3n) is 6.31. The molecule has 0 spiro atoms. The Kier molecular flexibility index (Phi) is 3.68. The monoisotopic (exact) mass is 388 g/mol. The topological polar surface area (TPSA) is 68.0 Å². The zero-order valence-electron chi connectivity index (χ0n) is 16.1. The van der Waals surface area contributed by atoms with Crippen LogP contribution in [0.4, 0.5) is 4.39 Å². The molecule has 2 aliphatic rings. The molecule has 2 saturated heterocycles. The highest BCUT2D eigenvalue weighted by atomic mass is 19.1. The number of piperidine rings is 1. The molecule has 146 valence electrons. The summed E-state index contributed by atoms with van der Waals surface area (Å²) in [5.74, 6) is 0.591. The van der Waals surface area contributed by atoms with E-state index in [2.05, 4.69) is 37.6 Å². The summed E-state index contributed by atoms with van der Waals surface area (Å²) in [6, 6.07) is 9.03. The SMILES string of the molecule is Cc1cn2cc(-c3nnc4cc(C5CC6CCC(C5)N6)ccc4n3)cc(F)c2n1. The lowest BCUT2D eigenvalue weighted by molar-refractivity contribution is 0.363. The van der Waals surface area contributed by atoms with Crippen molar-refractivity contribution in [1.29, 1.82) is 0 Å². The summed E-state index contributed by atoms with van der Waals surface area (Å²) < 4.78 is 16.1. The average Bonchev–Trinajstić information content (AvgIpc) is 3.28. The van der Waals surface area contributed by atoms with Gasteiger partial charge in [-0.3, -0.25) is 0 Å². The molecule has 6 rings (SSSR count). The number of pyridine rings is 1. The first-order chi connectivity index (χ1) is 14.1. The minimum absolute atomic E-state index is 0.306. The molecule has 6 nitrogen and oxygen atoms in total. The quantitative estimate of drug-likeness (QED) is 0.566. The second-order valence-corrected chi connectivity index (χ2v) is 8.38. The van der Waals surface area contributed by atoms with E-state index in [9.17, 15) is 4.39 Å². The Morgan fingerprint density at radius 3 is 2.66 bits per heavy atom. The van der Waals surface area contributed by atoms with Crippen molar-refractivity contribution in [1.82, 2.24) is 29.9 Å². The van der Waals surface area contributed by atoms with Crippen molar-refractivity contribution in [2.75, 3.05) is 0 Å². The van der Waals surface area contributed by atoms with E-state index in [-0.39, 0.29) is 0 Å². The Hall–Kier alpha value is -2.93. The van der Waals surface area contributed by atoms with Crippen LogP contribution in [0.2, 0.25) is 0 Å². The molecule has 2 aliphatic heterocycles. The number of aryl methyl sites for hydroxylation is 1. The third kappa shape index (κ3) is 2.88. The maximum absolute atomic E-state index is 14.4. The molecule has 3 aromatic heterocycles. The van der Waals surface area contributed by atoms with E-state index >= 15 is 0 Å². The zero-order chi connectivity index (χ0) is 19.5. The normalized spacial score (nSPS) is 23.9. The summed E-state index contributed by atoms with van der Waals surface area (Å²) in [4.78, 5) is 8.84. The lowest BCUT2D eigenvalue weighted by Gasteiger charge is -2.29. The van der Waals surface area contributed by atoms with Gasteiger partial charge in [0.1, 0.15) is 5.52 Å². The first-order valence-electron chi connectivity index (χ1n) is 10.2. The molecule has 0 saturated carbocycles. The minimum Gasteiger partial charge on any atom is -0.311 e. The molecule has 2 unspecified atom stereocenters. The average molecular weight is 388 g/mol. The molecule has 0 aliphatic carbocycles. The molecular weight excluding hydrogens is 367 g/mol. The summed E-state index contributed by atoms with van der Waals surface area (Å²) in [6.45, 7) is 1.84. The molecule has 2 fully saturated rings. The van der Waals surface area contributed by atoms with Gasteiger partial charge in [0.2, 0.25) is 0 Å². The van der Waals surface area contributed by atoms with Crippen LogP contribution in [0.3, 0.4) is 0 Å². The van der Waals surface area contributed by atoms with Gasteiger partial charge in [-0.25, -0.2) is 14.4 Å². The summed E-state index contributed by atoms with van der Waals surface area (Å²) >= 11 is 0. The lowest BCUT2D eigenvalue weighted by atomic mass is 9.86. The Bertz CT molecular complexity index is 1240. The number of rotatable bonds is 2. The van der Waals surface area contributed by atoms with Crippen LogP contribution in [0.25, 0.3) is 28.1 Å². The highest BCUT2D eigenvalue weighted by Gasteiger charge is 2.34. The lowest BCUT2D eigenvalue weighted by Crippen LogP contribution is -2.37. The molecule has 4 aromatic rings. The van der Waals surface area contributed by atoms with E-state index < -0.39 is 5.82 Å². The molecular formula is C22H21FN6. The molecule has 7 heteroatoms. The van der Waals surface area contributed by atoms with Gasteiger partial charge < -0.3 is 9.72 Å². The van der Waals surface area contributed by atoms with Crippen molar-refractivity contribution in [3.8, 4) is 11.4 Å². The van der Waals surface area contributed by atoms with Gasteiger partial charge in [0.05, 0.1) is 11.2 Å². The highest BCUT2D eigenvalue weighted by molar-refractivity contribution is 5.76. The summed E-state index contributed by atoms with van der Waals surface area (Å²) in [5, 5.41) is 12.4. The molecule has 0 amide bonds. The van der Waals surface area contributed by atoms with Crippen LogP contribution in [-0.4, -0.2) is 36.6 Å². The Balaban J connectivity index is 1.36. The smallest absolute Gasteiger partial charge is 0.183 e. The van der Waals surface area contributed by atoms with Crippen LogP contribution >= 0.6 is 0 Å². The van der Waals surface area contributed by atoms with Crippen molar-refractivity contribution >= 4 is 16.7 Å². The van der Waals surface area contributed by atoms with E-state index in [0.717, 1.165) is 16.7 Å². The van der Waals surface area contributed by atoms with E-state index in [4.69, 9.17) is 0 Å². The predicted octanol–water partition coefficient (Wildman–Crippen LogP) is 3.79. The van der Waals surface area contributed by atoms with Crippen molar-refractivity contribution in [2.45, 2.75) is 50.6 Å². The molecule has 2 atom stereocenters. The number of imidazole rings is 1. The number of hydrogen-bond donors (Lipinski definition) is 1. The van der Waals surface area contributed by atoms with Crippen molar-refractivity contribution < 1.29 is 4.39 Å². The van der Waals surface area contributed by atoms with E-state index in [1.54, 1.807) is 16.8 Å². The fourth-order valence-electron chi connectivity index (χ4n) is 4.96. The number of halogens is 1. The van der Waals surface area contributed by atoms with Crippen LogP contribution in [0.15, 0.2) is 36.7 Å². The summed E-state index contributed by atoms with van der Waals surface area (Å²) in [6.07, 6.45) is 8.53. The van der Waals surface area contributed by atoms with Crippen molar-refractivity contribution in [3.63, 3.8) is 0 Å². The zero-order valence-corrected chi connectivity index (χ0v) is 16.1. The Morgan fingerprint density at radius 2 is 1.83 bits per heavy atom. The van der Waals surface area contributed by atoms with Crippen molar-refractivity contribution in [2.24, 2.45) is 0 Å². The van der Waals surface area contributed by atoms with Gasteiger partial charge >= 0.3 is 0 Å². The fraction of sp³-hybridized carbons (Fsp3) is 0.364. The van der Waals surface area contributed by atoms with Crippen LogP contribution in [0.5, 0.6) is 0 Å². The highest BCUT2D eigenvalue weighted by Crippen LogP contribution is 2.37. The van der Waals surface area contributed by atoms with Crippen molar-refractivity contribution in [3.05, 3.63) is 53.7 Å². The summed E-state index contributed by atoms with van der Waals surface area (Å²) in [5.41, 5.74) is 4.54. The minimum atomic E-state index is -0.393. The molecule has 29 heavy (non-hydrogen) atoms. The second kappa shape index (κ2) is 6.29. The van der Waals surface area contributed by atoms with Gasteiger partial charge in [0, 0.05) is 30.0 Å². The maximum atomic E-state index is 14.4. The van der Waals surface area contributed by atoms with Gasteiger partial charge in [0.15, 0.2) is 17.3 Å². The Morgan fingerprint density at radius 1 is 1.00 bits per heavy atom. The third-order valence-corrected chi connectivity index (χ3v) is 6.31. The van der Waals surface area contributed by atoms with Gasteiger partial charge in [-0.2, -0.15) is 0 Å². The number of hydrogen-bond acceptors (Lipinski definition) is 5. The molecule has 0 radical (unpaired) electrons. The van der Waals surface area contributed by atoms with Gasteiger partial charge in [0.25, 0.3) is 0 Å². The van der Waals surface area contributed by atoms with Gasteiger partial charge in [-0.05, 0) is 62.3 Å². The van der Waals surface area contributed by atoms with Gasteiger partial charge in [-0.1, -0.05) is 6.07 Å². The van der Waals surface area contributed by atoms with Gasteiger partial charge in [-0.15, -0.1) is 10.2 Å². The summed E-state index contributed by atoms with van der Waals surface area (Å²) in [7, 11) is 0. The Labute approximate surface area is 167 Å². The van der Waals surface area contributed by atoms with E-state index in [1.807, 2.05) is 13.0 Å². The molecule has 2 bridgehead atoms. The number of nitrogens with one attached hydrogen (secondary N) is 1. The fourth-order valence-corrected chi connectivity index (χ4v) is 4.96. The first kappa shape index (κ1) is 17.0. The maximum Gasteiger partial charge on any atom is 0.183 e. The van der Waals surface area contributed by atoms with Crippen LogP contribution < -0.4 is 5.32 Å². The molecule has 1 aromatic carbocycles. The second-order valence-electron chi connectivity index (χ2n) is 8.38. The van der Waals surface area contributed by atoms with E-state index in [0.29, 0.717) is 35.0 Å². The predicted molar refractivity (Wildman–Crippen MR) is 108 cm³/mol. The van der Waals surface area contributed by atoms with Crippen LogP contribution in [0, 0.1) is 12.7 Å². The van der Waals surface area contributed by atoms with Crippen LogP contribution in [0.1, 0.15) is 42.9 Å². The largest absolute Gasteiger partial charge is 0.311 e. The molecule has 5 heterocycles. The number of fused-ring (bicyclic) bond motifs is 4. The molecule has 1 N–H and O–H groups in total. The van der Waals surface area contributed by atoms with E-state index in [1.165, 1.54) is 37.3 Å². The number of aromatic nitrogens is 5. The number of benzene rings is 1.